The minimum absolute atomic E-state index is 0.0355. The van der Waals surface area contributed by atoms with E-state index in [4.69, 9.17) is 23.2 Å². The van der Waals surface area contributed by atoms with Crippen molar-refractivity contribution in [3.63, 3.8) is 0 Å². The third-order valence-electron chi connectivity index (χ3n) is 2.52. The van der Waals surface area contributed by atoms with E-state index in [9.17, 15) is 9.18 Å². The zero-order valence-corrected chi connectivity index (χ0v) is 13.7. The Hall–Kier alpha value is -1.30. The first-order valence-corrected chi connectivity index (χ1v) is 7.44. The van der Waals surface area contributed by atoms with Crippen molar-refractivity contribution in [1.82, 2.24) is 0 Å². The van der Waals surface area contributed by atoms with Crippen LogP contribution in [0.1, 0.15) is 0 Å². The van der Waals surface area contributed by atoms with Gasteiger partial charge < -0.3 is 10.6 Å². The molecule has 0 radical (unpaired) electrons. The van der Waals surface area contributed by atoms with Gasteiger partial charge in [0.25, 0.3) is 0 Å². The van der Waals surface area contributed by atoms with E-state index in [1.165, 1.54) is 12.1 Å². The van der Waals surface area contributed by atoms with Crippen LogP contribution >= 0.6 is 39.1 Å². The molecule has 2 rings (SSSR count). The third kappa shape index (κ3) is 4.88. The first kappa shape index (κ1) is 16.1. The lowest BCUT2D eigenvalue weighted by Crippen LogP contribution is -2.22. The van der Waals surface area contributed by atoms with E-state index >= 15 is 0 Å². The van der Waals surface area contributed by atoms with E-state index in [2.05, 4.69) is 26.6 Å². The molecule has 1 amide bonds. The van der Waals surface area contributed by atoms with Gasteiger partial charge in [0.2, 0.25) is 5.91 Å². The van der Waals surface area contributed by atoms with Gasteiger partial charge in [0.15, 0.2) is 0 Å². The Morgan fingerprint density at radius 3 is 2.43 bits per heavy atom. The highest BCUT2D eigenvalue weighted by Gasteiger charge is 2.07. The topological polar surface area (TPSA) is 41.1 Å². The van der Waals surface area contributed by atoms with Crippen LogP contribution in [0.25, 0.3) is 0 Å². The SMILES string of the molecule is O=C(CNc1cc(Cl)cc(Cl)c1)Nc1ccc(Br)cc1F. The van der Waals surface area contributed by atoms with E-state index in [1.54, 1.807) is 24.3 Å². The summed E-state index contributed by atoms with van der Waals surface area (Å²) < 4.78 is 14.2. The summed E-state index contributed by atoms with van der Waals surface area (Å²) in [6.07, 6.45) is 0. The summed E-state index contributed by atoms with van der Waals surface area (Å²) in [5.41, 5.74) is 0.730. The molecule has 0 saturated carbocycles. The van der Waals surface area contributed by atoms with Crippen LogP contribution in [0.4, 0.5) is 15.8 Å². The Morgan fingerprint density at radius 1 is 1.14 bits per heavy atom. The number of carbonyl (C=O) groups excluding carboxylic acids is 1. The van der Waals surface area contributed by atoms with Crippen LogP contribution in [0, 0.1) is 5.82 Å². The van der Waals surface area contributed by atoms with Crippen LogP contribution in [0.15, 0.2) is 40.9 Å². The van der Waals surface area contributed by atoms with Crippen molar-refractivity contribution < 1.29 is 9.18 Å². The molecule has 0 spiro atoms. The molecule has 3 nitrogen and oxygen atoms in total. The van der Waals surface area contributed by atoms with Gasteiger partial charge in [-0.2, -0.15) is 0 Å². The van der Waals surface area contributed by atoms with Crippen LogP contribution in [-0.2, 0) is 4.79 Å². The molecule has 0 fully saturated rings. The Labute approximate surface area is 139 Å². The second kappa shape index (κ2) is 7.11. The fourth-order valence-electron chi connectivity index (χ4n) is 1.62. The standard InChI is InChI=1S/C14H10BrCl2FN2O/c15-8-1-2-13(12(18)3-8)20-14(21)7-19-11-5-9(16)4-10(17)6-11/h1-6,19H,7H2,(H,20,21). The zero-order chi connectivity index (χ0) is 15.4. The molecule has 2 N–H and O–H groups in total. The van der Waals surface area contributed by atoms with Gasteiger partial charge in [-0.05, 0) is 36.4 Å². The Morgan fingerprint density at radius 2 is 1.81 bits per heavy atom. The van der Waals surface area contributed by atoms with Gasteiger partial charge in [-0.1, -0.05) is 39.1 Å². The Bertz CT molecular complexity index is 662. The average molecular weight is 392 g/mol. The predicted molar refractivity (Wildman–Crippen MR) is 87.7 cm³/mol. The predicted octanol–water partition coefficient (Wildman–Crippen LogP) is 4.95. The summed E-state index contributed by atoms with van der Waals surface area (Å²) in [5.74, 6) is -0.893. The van der Waals surface area contributed by atoms with Crippen molar-refractivity contribution in [2.45, 2.75) is 0 Å². The zero-order valence-electron chi connectivity index (χ0n) is 10.6. The molecular formula is C14H10BrCl2FN2O. The molecule has 110 valence electrons. The molecule has 0 aliphatic rings. The average Bonchev–Trinajstić information content (AvgIpc) is 2.39. The van der Waals surface area contributed by atoms with Crippen molar-refractivity contribution in [1.29, 1.82) is 0 Å². The normalized spacial score (nSPS) is 10.3. The molecule has 2 aromatic rings. The molecule has 0 aliphatic heterocycles. The molecule has 0 aliphatic carbocycles. The summed E-state index contributed by atoms with van der Waals surface area (Å²) in [5, 5.41) is 6.26. The number of benzene rings is 2. The number of amides is 1. The smallest absolute Gasteiger partial charge is 0.243 e. The van der Waals surface area contributed by atoms with Crippen molar-refractivity contribution in [2.24, 2.45) is 0 Å². The minimum atomic E-state index is -0.511. The maximum Gasteiger partial charge on any atom is 0.243 e. The van der Waals surface area contributed by atoms with Crippen molar-refractivity contribution >= 4 is 56.4 Å². The van der Waals surface area contributed by atoms with Gasteiger partial charge in [-0.25, -0.2) is 4.39 Å². The highest BCUT2D eigenvalue weighted by molar-refractivity contribution is 9.10. The molecule has 0 saturated heterocycles. The molecule has 0 aromatic heterocycles. The van der Waals surface area contributed by atoms with E-state index in [0.717, 1.165) is 0 Å². The lowest BCUT2D eigenvalue weighted by atomic mass is 10.3. The minimum Gasteiger partial charge on any atom is -0.376 e. The summed E-state index contributed by atoms with van der Waals surface area (Å²) in [6.45, 7) is -0.0355. The quantitative estimate of drug-likeness (QED) is 0.774. The lowest BCUT2D eigenvalue weighted by molar-refractivity contribution is -0.114. The van der Waals surface area contributed by atoms with Gasteiger partial charge in [-0.15, -0.1) is 0 Å². The summed E-state index contributed by atoms with van der Waals surface area (Å²) in [7, 11) is 0. The number of carbonyl (C=O) groups is 1. The van der Waals surface area contributed by atoms with Crippen LogP contribution < -0.4 is 10.6 Å². The maximum absolute atomic E-state index is 13.6. The molecule has 0 unspecified atom stereocenters. The Balaban J connectivity index is 1.95. The molecule has 0 atom stereocenters. The number of rotatable bonds is 4. The molecule has 21 heavy (non-hydrogen) atoms. The van der Waals surface area contributed by atoms with E-state index < -0.39 is 5.82 Å². The molecule has 0 bridgehead atoms. The van der Waals surface area contributed by atoms with Gasteiger partial charge in [-0.3, -0.25) is 4.79 Å². The van der Waals surface area contributed by atoms with Crippen molar-refractivity contribution in [2.75, 3.05) is 17.2 Å². The summed E-state index contributed by atoms with van der Waals surface area (Å²) >= 11 is 14.9. The number of nitrogens with one attached hydrogen (secondary N) is 2. The lowest BCUT2D eigenvalue weighted by Gasteiger charge is -2.09. The highest BCUT2D eigenvalue weighted by atomic mass is 79.9. The van der Waals surface area contributed by atoms with Crippen LogP contribution in [0.3, 0.4) is 0 Å². The van der Waals surface area contributed by atoms with Crippen LogP contribution in [0.5, 0.6) is 0 Å². The number of halogens is 4. The second-order valence-corrected chi connectivity index (χ2v) is 5.97. The highest BCUT2D eigenvalue weighted by Crippen LogP contribution is 2.22. The first-order chi connectivity index (χ1) is 9.94. The first-order valence-electron chi connectivity index (χ1n) is 5.89. The van der Waals surface area contributed by atoms with Gasteiger partial charge in [0.05, 0.1) is 12.2 Å². The largest absolute Gasteiger partial charge is 0.376 e. The molecule has 0 heterocycles. The van der Waals surface area contributed by atoms with Crippen molar-refractivity contribution in [3.8, 4) is 0 Å². The second-order valence-electron chi connectivity index (χ2n) is 4.18. The maximum atomic E-state index is 13.6. The van der Waals surface area contributed by atoms with E-state index in [1.807, 2.05) is 0 Å². The van der Waals surface area contributed by atoms with Gasteiger partial charge >= 0.3 is 0 Å². The van der Waals surface area contributed by atoms with Gasteiger partial charge in [0.1, 0.15) is 5.82 Å². The molecule has 2 aromatic carbocycles. The fourth-order valence-corrected chi connectivity index (χ4v) is 2.48. The van der Waals surface area contributed by atoms with Crippen molar-refractivity contribution in [3.05, 3.63) is 56.7 Å². The van der Waals surface area contributed by atoms with Gasteiger partial charge in [0, 0.05) is 20.2 Å². The van der Waals surface area contributed by atoms with Crippen LogP contribution in [0.2, 0.25) is 10.0 Å². The molecule has 7 heteroatoms. The molecular weight excluding hydrogens is 382 g/mol. The third-order valence-corrected chi connectivity index (χ3v) is 3.45. The number of hydrogen-bond donors (Lipinski definition) is 2. The van der Waals surface area contributed by atoms with E-state index in [0.29, 0.717) is 20.2 Å². The summed E-state index contributed by atoms with van der Waals surface area (Å²) in [4.78, 5) is 11.8. The number of anilines is 2. The number of hydrogen-bond acceptors (Lipinski definition) is 2. The fraction of sp³-hybridized carbons (Fsp3) is 0.0714. The van der Waals surface area contributed by atoms with E-state index in [-0.39, 0.29) is 18.1 Å². The summed E-state index contributed by atoms with van der Waals surface area (Å²) in [6, 6.07) is 9.27. The monoisotopic (exact) mass is 390 g/mol. The van der Waals surface area contributed by atoms with Crippen LogP contribution in [-0.4, -0.2) is 12.5 Å². The Kier molecular flexibility index (Phi) is 5.45.